The number of carbonyl (C=O) groups is 2. The second kappa shape index (κ2) is 9.83. The summed E-state index contributed by atoms with van der Waals surface area (Å²) in [6.07, 6.45) is 1.37. The molecule has 0 radical (unpaired) electrons. The molecule has 0 spiro atoms. The maximum Gasteiger partial charge on any atom is 0.311 e. The second-order valence-corrected chi connectivity index (χ2v) is 6.81. The quantitative estimate of drug-likeness (QED) is 0.660. The van der Waals surface area contributed by atoms with Gasteiger partial charge in [0.25, 0.3) is 0 Å². The van der Waals surface area contributed by atoms with Crippen LogP contribution in [0.1, 0.15) is 42.4 Å². The second-order valence-electron chi connectivity index (χ2n) is 5.95. The Labute approximate surface area is 162 Å². The molecule has 0 aliphatic heterocycles. The van der Waals surface area contributed by atoms with Crippen molar-refractivity contribution in [3.8, 4) is 6.07 Å². The van der Waals surface area contributed by atoms with E-state index in [0.717, 1.165) is 17.0 Å². The van der Waals surface area contributed by atoms with Crippen LogP contribution in [0.25, 0.3) is 0 Å². The predicted octanol–water partition coefficient (Wildman–Crippen LogP) is 2.55. The van der Waals surface area contributed by atoms with Gasteiger partial charge in [-0.3, -0.25) is 14.3 Å². The fourth-order valence-electron chi connectivity index (χ4n) is 2.70. The lowest BCUT2D eigenvalue weighted by Crippen LogP contribution is -2.13. The van der Waals surface area contributed by atoms with E-state index in [2.05, 4.69) is 21.5 Å². The van der Waals surface area contributed by atoms with E-state index in [-0.39, 0.29) is 18.3 Å². The van der Waals surface area contributed by atoms with Crippen LogP contribution in [0.4, 0.5) is 5.13 Å². The van der Waals surface area contributed by atoms with Crippen LogP contribution in [0.3, 0.4) is 0 Å². The van der Waals surface area contributed by atoms with Crippen LogP contribution in [-0.2, 0) is 33.7 Å². The SMILES string of the molecule is CCOC(=O)Cc1csc(NC(=O)CCc2c(C)nn(CCC#N)c2C)n1. The van der Waals surface area contributed by atoms with Gasteiger partial charge in [0.15, 0.2) is 5.13 Å². The minimum Gasteiger partial charge on any atom is -0.466 e. The Morgan fingerprint density at radius 1 is 1.41 bits per heavy atom. The van der Waals surface area contributed by atoms with Gasteiger partial charge in [-0.05, 0) is 32.8 Å². The number of nitrogens with one attached hydrogen (secondary N) is 1. The fraction of sp³-hybridized carbons (Fsp3) is 0.500. The Balaban J connectivity index is 1.88. The van der Waals surface area contributed by atoms with Crippen molar-refractivity contribution >= 4 is 28.3 Å². The number of nitrogens with zero attached hydrogens (tertiary/aromatic N) is 4. The zero-order chi connectivity index (χ0) is 19.8. The van der Waals surface area contributed by atoms with E-state index in [9.17, 15) is 9.59 Å². The van der Waals surface area contributed by atoms with Crippen LogP contribution in [-0.4, -0.2) is 33.2 Å². The number of rotatable bonds is 9. The monoisotopic (exact) mass is 389 g/mol. The van der Waals surface area contributed by atoms with E-state index < -0.39 is 0 Å². The van der Waals surface area contributed by atoms with Gasteiger partial charge in [0.1, 0.15) is 0 Å². The molecule has 1 amide bonds. The van der Waals surface area contributed by atoms with Crippen LogP contribution in [0.5, 0.6) is 0 Å². The lowest BCUT2D eigenvalue weighted by atomic mass is 10.1. The number of aromatic nitrogens is 3. The van der Waals surface area contributed by atoms with Crippen molar-refractivity contribution in [3.05, 3.63) is 28.0 Å². The van der Waals surface area contributed by atoms with Crippen LogP contribution in [0.2, 0.25) is 0 Å². The number of aryl methyl sites for hydroxylation is 2. The number of hydrogen-bond acceptors (Lipinski definition) is 7. The molecule has 2 heterocycles. The van der Waals surface area contributed by atoms with E-state index in [1.165, 1.54) is 11.3 Å². The fourth-order valence-corrected chi connectivity index (χ4v) is 3.42. The molecular formula is C18H23N5O3S. The van der Waals surface area contributed by atoms with Gasteiger partial charge in [0, 0.05) is 17.5 Å². The standard InChI is InChI=1S/C18H23N5O3S/c1-4-26-17(25)10-14-11-27-18(20-14)21-16(24)7-6-15-12(2)22-23(13(15)3)9-5-8-19/h11H,4-7,9-10H2,1-3H3,(H,20,21,24). The number of carbonyl (C=O) groups excluding carboxylic acids is 2. The van der Waals surface area contributed by atoms with Gasteiger partial charge in [0.05, 0.1) is 43.5 Å². The van der Waals surface area contributed by atoms with Crippen molar-refractivity contribution in [2.45, 2.75) is 53.0 Å². The van der Waals surface area contributed by atoms with E-state index >= 15 is 0 Å². The average molecular weight is 389 g/mol. The molecule has 0 fully saturated rings. The van der Waals surface area contributed by atoms with Gasteiger partial charge in [-0.15, -0.1) is 11.3 Å². The molecular weight excluding hydrogens is 366 g/mol. The number of nitriles is 1. The normalized spacial score (nSPS) is 10.4. The van der Waals surface area contributed by atoms with E-state index in [1.54, 1.807) is 12.3 Å². The summed E-state index contributed by atoms with van der Waals surface area (Å²) in [5, 5.41) is 18.1. The highest BCUT2D eigenvalue weighted by Crippen LogP contribution is 2.18. The molecule has 2 aromatic rings. The summed E-state index contributed by atoms with van der Waals surface area (Å²) < 4.78 is 6.70. The smallest absolute Gasteiger partial charge is 0.311 e. The number of amides is 1. The molecule has 0 aliphatic carbocycles. The highest BCUT2D eigenvalue weighted by atomic mass is 32.1. The number of esters is 1. The molecule has 27 heavy (non-hydrogen) atoms. The Morgan fingerprint density at radius 3 is 2.89 bits per heavy atom. The Hall–Kier alpha value is -2.73. The zero-order valence-electron chi connectivity index (χ0n) is 15.7. The first-order valence-corrected chi connectivity index (χ1v) is 9.62. The molecule has 1 N–H and O–H groups in total. The highest BCUT2D eigenvalue weighted by Gasteiger charge is 2.14. The van der Waals surface area contributed by atoms with Crippen LogP contribution < -0.4 is 5.32 Å². The molecule has 0 bridgehead atoms. The maximum atomic E-state index is 12.2. The van der Waals surface area contributed by atoms with Gasteiger partial charge < -0.3 is 10.1 Å². The summed E-state index contributed by atoms with van der Waals surface area (Å²) in [6.45, 7) is 6.50. The third-order valence-electron chi connectivity index (χ3n) is 4.00. The molecule has 0 aromatic carbocycles. The topological polar surface area (TPSA) is 110 Å². The molecule has 9 heteroatoms. The third-order valence-corrected chi connectivity index (χ3v) is 4.80. The number of thiazole rings is 1. The molecule has 0 unspecified atom stereocenters. The lowest BCUT2D eigenvalue weighted by molar-refractivity contribution is -0.142. The number of hydrogen-bond donors (Lipinski definition) is 1. The Bertz CT molecular complexity index is 850. The minimum absolute atomic E-state index is 0.0977. The Kier molecular flexibility index (Phi) is 7.49. The molecule has 8 nitrogen and oxygen atoms in total. The van der Waals surface area contributed by atoms with Crippen molar-refractivity contribution in [1.29, 1.82) is 5.26 Å². The maximum absolute atomic E-state index is 12.2. The summed E-state index contributed by atoms with van der Waals surface area (Å²) in [5.74, 6) is -0.476. The highest BCUT2D eigenvalue weighted by molar-refractivity contribution is 7.13. The number of ether oxygens (including phenoxy) is 1. The molecule has 0 aliphatic rings. The number of anilines is 1. The first kappa shape index (κ1) is 20.6. The largest absolute Gasteiger partial charge is 0.466 e. The van der Waals surface area contributed by atoms with E-state index in [1.807, 2.05) is 18.5 Å². The van der Waals surface area contributed by atoms with Gasteiger partial charge in [-0.1, -0.05) is 0 Å². The summed E-state index contributed by atoms with van der Waals surface area (Å²) in [5.41, 5.74) is 3.48. The van der Waals surface area contributed by atoms with Crippen LogP contribution >= 0.6 is 11.3 Å². The van der Waals surface area contributed by atoms with Crippen LogP contribution in [0, 0.1) is 25.2 Å². The summed E-state index contributed by atoms with van der Waals surface area (Å²) in [6, 6.07) is 2.11. The van der Waals surface area contributed by atoms with Crippen molar-refractivity contribution in [1.82, 2.24) is 14.8 Å². The lowest BCUT2D eigenvalue weighted by Gasteiger charge is -2.04. The van der Waals surface area contributed by atoms with Crippen molar-refractivity contribution in [2.75, 3.05) is 11.9 Å². The summed E-state index contributed by atoms with van der Waals surface area (Å²) in [4.78, 5) is 27.9. The van der Waals surface area contributed by atoms with Gasteiger partial charge in [-0.2, -0.15) is 10.4 Å². The van der Waals surface area contributed by atoms with E-state index in [4.69, 9.17) is 10.00 Å². The van der Waals surface area contributed by atoms with Gasteiger partial charge in [-0.25, -0.2) is 4.98 Å². The van der Waals surface area contributed by atoms with Gasteiger partial charge >= 0.3 is 5.97 Å². The molecule has 0 saturated carbocycles. The predicted molar refractivity (Wildman–Crippen MR) is 101 cm³/mol. The minimum atomic E-state index is -0.333. The zero-order valence-corrected chi connectivity index (χ0v) is 16.6. The van der Waals surface area contributed by atoms with Crippen molar-refractivity contribution in [3.63, 3.8) is 0 Å². The molecule has 2 aromatic heterocycles. The summed E-state index contributed by atoms with van der Waals surface area (Å²) >= 11 is 1.28. The van der Waals surface area contributed by atoms with E-state index in [0.29, 0.717) is 43.2 Å². The third kappa shape index (κ3) is 5.89. The average Bonchev–Trinajstić information content (AvgIpc) is 3.15. The molecule has 0 saturated heterocycles. The van der Waals surface area contributed by atoms with Crippen molar-refractivity contribution < 1.29 is 14.3 Å². The Morgan fingerprint density at radius 2 is 2.19 bits per heavy atom. The van der Waals surface area contributed by atoms with Gasteiger partial charge in [0.2, 0.25) is 5.91 Å². The molecule has 0 atom stereocenters. The first-order valence-electron chi connectivity index (χ1n) is 8.74. The molecule has 2 rings (SSSR count). The first-order chi connectivity index (χ1) is 12.9. The summed E-state index contributed by atoms with van der Waals surface area (Å²) in [7, 11) is 0. The molecule has 144 valence electrons. The van der Waals surface area contributed by atoms with Crippen LogP contribution in [0.15, 0.2) is 5.38 Å². The van der Waals surface area contributed by atoms with Crippen molar-refractivity contribution in [2.24, 2.45) is 0 Å².